The topological polar surface area (TPSA) is 101 Å². The fraction of sp³-hybridized carbons (Fsp3) is 0.417. The van der Waals surface area contributed by atoms with Crippen molar-refractivity contribution in [2.75, 3.05) is 17.6 Å². The van der Waals surface area contributed by atoms with Gasteiger partial charge in [0.05, 0.1) is 17.5 Å². The lowest BCUT2D eigenvalue weighted by atomic mass is 10.1. The molecule has 94 valence electrons. The highest BCUT2D eigenvalue weighted by Crippen LogP contribution is 2.20. The Bertz CT molecular complexity index is 405. The van der Waals surface area contributed by atoms with Crippen LogP contribution < -0.4 is 16.8 Å². The smallest absolute Gasteiger partial charge is 0.248 e. The lowest BCUT2D eigenvalue weighted by Gasteiger charge is -2.17. The van der Waals surface area contributed by atoms with Crippen LogP contribution in [0.2, 0.25) is 0 Å². The minimum atomic E-state index is -0.502. The number of aliphatic hydroxyl groups excluding tert-OH is 1. The van der Waals surface area contributed by atoms with Gasteiger partial charge in [-0.15, -0.1) is 0 Å². The summed E-state index contributed by atoms with van der Waals surface area (Å²) < 4.78 is 0. The maximum Gasteiger partial charge on any atom is 0.248 e. The van der Waals surface area contributed by atoms with E-state index in [0.717, 1.165) is 0 Å². The molecule has 0 bridgehead atoms. The van der Waals surface area contributed by atoms with Crippen LogP contribution >= 0.6 is 0 Å². The normalized spacial score (nSPS) is 12.5. The van der Waals surface area contributed by atoms with E-state index in [9.17, 15) is 9.90 Å². The van der Waals surface area contributed by atoms with Crippen molar-refractivity contribution in [3.8, 4) is 0 Å². The van der Waals surface area contributed by atoms with Gasteiger partial charge in [-0.3, -0.25) is 4.79 Å². The number of carbonyl (C=O) groups is 1. The van der Waals surface area contributed by atoms with Gasteiger partial charge in [-0.25, -0.2) is 0 Å². The van der Waals surface area contributed by atoms with E-state index >= 15 is 0 Å². The van der Waals surface area contributed by atoms with Gasteiger partial charge >= 0.3 is 0 Å². The Kier molecular flexibility index (Phi) is 4.34. The molecule has 0 spiro atoms. The monoisotopic (exact) mass is 237 g/mol. The number of hydrogen-bond donors (Lipinski definition) is 4. The van der Waals surface area contributed by atoms with E-state index in [1.165, 1.54) is 0 Å². The molecule has 0 fully saturated rings. The molecule has 0 saturated heterocycles. The number of anilines is 2. The molecule has 1 rings (SSSR count). The van der Waals surface area contributed by atoms with Crippen LogP contribution in [0, 0.1) is 5.92 Å². The zero-order chi connectivity index (χ0) is 13.0. The zero-order valence-corrected chi connectivity index (χ0v) is 10.1. The van der Waals surface area contributed by atoms with Crippen LogP contribution in [0.25, 0.3) is 0 Å². The van der Waals surface area contributed by atoms with E-state index in [1.54, 1.807) is 18.2 Å². The van der Waals surface area contributed by atoms with Crippen LogP contribution in [0.15, 0.2) is 18.2 Å². The molecule has 1 unspecified atom stereocenters. The Morgan fingerprint density at radius 1 is 1.47 bits per heavy atom. The molecular formula is C12H19N3O2. The van der Waals surface area contributed by atoms with E-state index in [2.05, 4.69) is 5.32 Å². The highest BCUT2D eigenvalue weighted by Gasteiger charge is 2.10. The predicted octanol–water partition coefficient (Wildman–Crippen LogP) is 0.796. The molecule has 17 heavy (non-hydrogen) atoms. The number of nitrogen functional groups attached to an aromatic ring is 1. The number of hydrogen-bond acceptors (Lipinski definition) is 4. The SMILES string of the molecule is CC(C)C(O)CNc1cc(C(N)=O)ccc1N. The number of amides is 1. The van der Waals surface area contributed by atoms with Crippen molar-refractivity contribution in [1.82, 2.24) is 0 Å². The highest BCUT2D eigenvalue weighted by atomic mass is 16.3. The summed E-state index contributed by atoms with van der Waals surface area (Å²) in [6, 6.07) is 4.77. The minimum absolute atomic E-state index is 0.156. The number of carbonyl (C=O) groups excluding carboxylic acids is 1. The number of primary amides is 1. The molecule has 0 aliphatic carbocycles. The summed E-state index contributed by atoms with van der Waals surface area (Å²) >= 11 is 0. The van der Waals surface area contributed by atoms with Gasteiger partial charge in [0.1, 0.15) is 0 Å². The van der Waals surface area contributed by atoms with Gasteiger partial charge in [0.15, 0.2) is 0 Å². The van der Waals surface area contributed by atoms with Crippen molar-refractivity contribution in [2.45, 2.75) is 20.0 Å². The molecule has 5 nitrogen and oxygen atoms in total. The second-order valence-corrected chi connectivity index (χ2v) is 4.36. The predicted molar refractivity (Wildman–Crippen MR) is 68.7 cm³/mol. The average Bonchev–Trinajstić information content (AvgIpc) is 2.26. The summed E-state index contributed by atoms with van der Waals surface area (Å²) in [5, 5.41) is 12.7. The van der Waals surface area contributed by atoms with Gasteiger partial charge in [-0.1, -0.05) is 13.8 Å². The summed E-state index contributed by atoms with van der Waals surface area (Å²) in [4.78, 5) is 11.0. The van der Waals surface area contributed by atoms with Crippen LogP contribution in [-0.2, 0) is 0 Å². The van der Waals surface area contributed by atoms with E-state index in [-0.39, 0.29) is 5.92 Å². The maximum atomic E-state index is 11.0. The Morgan fingerprint density at radius 2 is 2.12 bits per heavy atom. The van der Waals surface area contributed by atoms with Gasteiger partial charge in [0.2, 0.25) is 5.91 Å². The molecule has 1 aromatic carbocycles. The largest absolute Gasteiger partial charge is 0.397 e. The quantitative estimate of drug-likeness (QED) is 0.569. The second kappa shape index (κ2) is 5.54. The molecule has 5 heteroatoms. The standard InChI is InChI=1S/C12H19N3O2/c1-7(2)11(16)6-15-10-5-8(12(14)17)3-4-9(10)13/h3-5,7,11,15-16H,6,13H2,1-2H3,(H2,14,17). The fourth-order valence-corrected chi connectivity index (χ4v) is 1.31. The van der Waals surface area contributed by atoms with Gasteiger partial charge < -0.3 is 21.9 Å². The molecule has 1 atom stereocenters. The van der Waals surface area contributed by atoms with E-state index in [4.69, 9.17) is 11.5 Å². The van der Waals surface area contributed by atoms with E-state index in [1.807, 2.05) is 13.8 Å². The van der Waals surface area contributed by atoms with Gasteiger partial charge in [0.25, 0.3) is 0 Å². The summed E-state index contributed by atoms with van der Waals surface area (Å²) in [7, 11) is 0. The van der Waals surface area contributed by atoms with Crippen LogP contribution in [0.1, 0.15) is 24.2 Å². The van der Waals surface area contributed by atoms with Gasteiger partial charge in [0, 0.05) is 12.1 Å². The molecule has 0 saturated carbocycles. The summed E-state index contributed by atoms with van der Waals surface area (Å²) in [6.07, 6.45) is -0.466. The van der Waals surface area contributed by atoms with E-state index < -0.39 is 12.0 Å². The molecule has 0 heterocycles. The molecule has 0 aliphatic rings. The third kappa shape index (κ3) is 3.64. The van der Waals surface area contributed by atoms with E-state index in [0.29, 0.717) is 23.5 Å². The fourth-order valence-electron chi connectivity index (χ4n) is 1.31. The van der Waals surface area contributed by atoms with Crippen molar-refractivity contribution in [3.63, 3.8) is 0 Å². The van der Waals surface area contributed by atoms with Crippen molar-refractivity contribution < 1.29 is 9.90 Å². The van der Waals surface area contributed by atoms with Crippen LogP contribution in [0.3, 0.4) is 0 Å². The van der Waals surface area contributed by atoms with Crippen molar-refractivity contribution in [2.24, 2.45) is 11.7 Å². The summed E-state index contributed by atoms with van der Waals surface area (Å²) in [5.74, 6) is -0.347. The maximum absolute atomic E-state index is 11.0. The second-order valence-electron chi connectivity index (χ2n) is 4.36. The highest BCUT2D eigenvalue weighted by molar-refractivity contribution is 5.94. The number of nitrogens with two attached hydrogens (primary N) is 2. The Hall–Kier alpha value is -1.75. The van der Waals surface area contributed by atoms with Gasteiger partial charge in [-0.05, 0) is 24.1 Å². The van der Waals surface area contributed by atoms with Crippen molar-refractivity contribution in [1.29, 1.82) is 0 Å². The molecule has 6 N–H and O–H groups in total. The third-order valence-corrected chi connectivity index (χ3v) is 2.61. The van der Waals surface area contributed by atoms with Crippen LogP contribution in [0.5, 0.6) is 0 Å². The lowest BCUT2D eigenvalue weighted by molar-refractivity contribution is 0.100. The lowest BCUT2D eigenvalue weighted by Crippen LogP contribution is -2.25. The first-order chi connectivity index (χ1) is 7.91. The zero-order valence-electron chi connectivity index (χ0n) is 10.1. The van der Waals surface area contributed by atoms with Crippen LogP contribution in [0.4, 0.5) is 11.4 Å². The first kappa shape index (κ1) is 13.3. The third-order valence-electron chi connectivity index (χ3n) is 2.61. The average molecular weight is 237 g/mol. The number of rotatable bonds is 5. The number of nitrogens with one attached hydrogen (secondary N) is 1. The van der Waals surface area contributed by atoms with Gasteiger partial charge in [-0.2, -0.15) is 0 Å². The number of benzene rings is 1. The van der Waals surface area contributed by atoms with Crippen molar-refractivity contribution in [3.05, 3.63) is 23.8 Å². The number of aliphatic hydroxyl groups is 1. The van der Waals surface area contributed by atoms with Crippen LogP contribution in [-0.4, -0.2) is 23.7 Å². The molecule has 1 aromatic rings. The molecule has 0 aliphatic heterocycles. The molecule has 0 aromatic heterocycles. The minimum Gasteiger partial charge on any atom is -0.397 e. The van der Waals surface area contributed by atoms with Crippen molar-refractivity contribution >= 4 is 17.3 Å². The summed E-state index contributed by atoms with van der Waals surface area (Å²) in [6.45, 7) is 4.23. The molecule has 0 radical (unpaired) electrons. The molecule has 1 amide bonds. The first-order valence-corrected chi connectivity index (χ1v) is 5.53. The Labute approximate surface area is 101 Å². The first-order valence-electron chi connectivity index (χ1n) is 5.53. The Morgan fingerprint density at radius 3 is 2.65 bits per heavy atom. The molecular weight excluding hydrogens is 218 g/mol. The summed E-state index contributed by atoms with van der Waals surface area (Å²) in [5.41, 5.74) is 12.5. The Balaban J connectivity index is 2.76.